The Morgan fingerprint density at radius 3 is 2.59 bits per heavy atom. The van der Waals surface area contributed by atoms with E-state index in [2.05, 4.69) is 5.32 Å². The Morgan fingerprint density at radius 1 is 1.28 bits per heavy atom. The van der Waals surface area contributed by atoms with Crippen LogP contribution in [-0.4, -0.2) is 24.6 Å². The van der Waals surface area contributed by atoms with Crippen molar-refractivity contribution in [2.75, 3.05) is 11.9 Å². The SMILES string of the molecule is CCOC(=O)c1c(NC(=O)C(C#N)=Cc2ccccc2OC(C)C)sc(C)c1C. The number of ether oxygens (including phenoxy) is 2. The summed E-state index contributed by atoms with van der Waals surface area (Å²) in [5.41, 5.74) is 1.60. The minimum Gasteiger partial charge on any atom is -0.490 e. The molecule has 1 N–H and O–H groups in total. The zero-order valence-electron chi connectivity index (χ0n) is 17.2. The van der Waals surface area contributed by atoms with Crippen LogP contribution < -0.4 is 10.1 Å². The smallest absolute Gasteiger partial charge is 0.341 e. The third-order valence-corrected chi connectivity index (χ3v) is 5.16. The van der Waals surface area contributed by atoms with E-state index in [0.717, 1.165) is 10.4 Å². The number of thiophene rings is 1. The zero-order chi connectivity index (χ0) is 21.6. The fourth-order valence-electron chi connectivity index (χ4n) is 2.60. The van der Waals surface area contributed by atoms with Crippen molar-refractivity contribution in [3.05, 3.63) is 51.4 Å². The Hall–Kier alpha value is -3.11. The number of anilines is 1. The minimum absolute atomic E-state index is 0.0480. The molecule has 0 saturated heterocycles. The van der Waals surface area contributed by atoms with Crippen LogP contribution in [0.15, 0.2) is 29.8 Å². The maximum absolute atomic E-state index is 12.7. The van der Waals surface area contributed by atoms with Gasteiger partial charge >= 0.3 is 5.97 Å². The molecule has 1 heterocycles. The van der Waals surface area contributed by atoms with Gasteiger partial charge in [-0.05, 0) is 52.3 Å². The van der Waals surface area contributed by atoms with E-state index in [0.29, 0.717) is 21.9 Å². The molecule has 1 amide bonds. The number of nitrogens with zero attached hydrogens (tertiary/aromatic N) is 1. The van der Waals surface area contributed by atoms with Crippen molar-refractivity contribution in [1.82, 2.24) is 0 Å². The van der Waals surface area contributed by atoms with Gasteiger partial charge in [-0.25, -0.2) is 4.79 Å². The molecule has 7 heteroatoms. The molecule has 0 radical (unpaired) electrons. The van der Waals surface area contributed by atoms with E-state index in [9.17, 15) is 14.9 Å². The lowest BCUT2D eigenvalue weighted by Gasteiger charge is -2.12. The van der Waals surface area contributed by atoms with Gasteiger partial charge < -0.3 is 14.8 Å². The summed E-state index contributed by atoms with van der Waals surface area (Å²) < 4.78 is 10.8. The third-order valence-electron chi connectivity index (χ3n) is 4.04. The van der Waals surface area contributed by atoms with Gasteiger partial charge in [0.1, 0.15) is 22.4 Å². The van der Waals surface area contributed by atoms with Gasteiger partial charge in [0, 0.05) is 10.4 Å². The van der Waals surface area contributed by atoms with Crippen molar-refractivity contribution >= 4 is 34.3 Å². The number of benzene rings is 1. The lowest BCUT2D eigenvalue weighted by atomic mass is 10.1. The van der Waals surface area contributed by atoms with E-state index in [1.54, 1.807) is 32.0 Å². The highest BCUT2D eigenvalue weighted by atomic mass is 32.1. The number of nitriles is 1. The van der Waals surface area contributed by atoms with Gasteiger partial charge in [0.05, 0.1) is 18.3 Å². The lowest BCUT2D eigenvalue weighted by Crippen LogP contribution is -2.16. The first-order valence-corrected chi connectivity index (χ1v) is 10.1. The van der Waals surface area contributed by atoms with E-state index < -0.39 is 11.9 Å². The molecule has 29 heavy (non-hydrogen) atoms. The summed E-state index contributed by atoms with van der Waals surface area (Å²) in [5, 5.41) is 12.6. The molecule has 1 aromatic heterocycles. The molecule has 0 aliphatic heterocycles. The first kappa shape index (κ1) is 22.2. The van der Waals surface area contributed by atoms with Crippen molar-refractivity contribution < 1.29 is 19.1 Å². The Kier molecular flexibility index (Phi) is 7.57. The molecule has 2 rings (SSSR count). The summed E-state index contributed by atoms with van der Waals surface area (Å²) >= 11 is 1.28. The number of carbonyl (C=O) groups is 2. The second kappa shape index (κ2) is 9.89. The van der Waals surface area contributed by atoms with Crippen molar-refractivity contribution in [3.8, 4) is 11.8 Å². The van der Waals surface area contributed by atoms with Crippen LogP contribution in [0.3, 0.4) is 0 Å². The van der Waals surface area contributed by atoms with E-state index in [1.807, 2.05) is 32.9 Å². The summed E-state index contributed by atoms with van der Waals surface area (Å²) in [7, 11) is 0. The van der Waals surface area contributed by atoms with Crippen LogP contribution >= 0.6 is 11.3 Å². The van der Waals surface area contributed by atoms with Crippen LogP contribution in [0.2, 0.25) is 0 Å². The molecular formula is C22H24N2O4S. The molecule has 1 aromatic carbocycles. The van der Waals surface area contributed by atoms with Crippen LogP contribution in [-0.2, 0) is 9.53 Å². The molecule has 0 bridgehead atoms. The Bertz CT molecular complexity index is 983. The summed E-state index contributed by atoms with van der Waals surface area (Å²) in [6.45, 7) is 9.41. The molecule has 0 atom stereocenters. The molecule has 0 spiro atoms. The molecule has 0 aliphatic rings. The van der Waals surface area contributed by atoms with Crippen LogP contribution in [0.25, 0.3) is 6.08 Å². The van der Waals surface area contributed by atoms with E-state index >= 15 is 0 Å². The second-order valence-electron chi connectivity index (χ2n) is 6.54. The van der Waals surface area contributed by atoms with Gasteiger partial charge in [-0.1, -0.05) is 18.2 Å². The van der Waals surface area contributed by atoms with E-state index in [-0.39, 0.29) is 18.3 Å². The summed E-state index contributed by atoms with van der Waals surface area (Å²) in [5.74, 6) is -0.514. The lowest BCUT2D eigenvalue weighted by molar-refractivity contribution is -0.112. The molecule has 0 saturated carbocycles. The van der Waals surface area contributed by atoms with Gasteiger partial charge in [0.25, 0.3) is 5.91 Å². The Labute approximate surface area is 174 Å². The number of hydrogen-bond donors (Lipinski definition) is 1. The summed E-state index contributed by atoms with van der Waals surface area (Å²) in [6.07, 6.45) is 1.43. The standard InChI is InChI=1S/C22H24N2O4S/c1-6-27-22(26)19-14(4)15(5)29-21(19)24-20(25)17(12-23)11-16-9-7-8-10-18(16)28-13(2)3/h7-11,13H,6H2,1-5H3,(H,24,25). The normalized spacial score (nSPS) is 11.1. The number of aryl methyl sites for hydroxylation is 1. The number of carbonyl (C=O) groups excluding carboxylic acids is 2. The second-order valence-corrected chi connectivity index (χ2v) is 7.76. The fourth-order valence-corrected chi connectivity index (χ4v) is 3.64. The van der Waals surface area contributed by atoms with Gasteiger partial charge in [-0.3, -0.25) is 4.79 Å². The number of rotatable bonds is 7. The maximum Gasteiger partial charge on any atom is 0.341 e. The first-order chi connectivity index (χ1) is 13.8. The van der Waals surface area contributed by atoms with Crippen molar-refractivity contribution in [3.63, 3.8) is 0 Å². The molecule has 6 nitrogen and oxygen atoms in total. The number of hydrogen-bond acceptors (Lipinski definition) is 6. The Morgan fingerprint density at radius 2 is 1.97 bits per heavy atom. The number of nitrogens with one attached hydrogen (secondary N) is 1. The highest BCUT2D eigenvalue weighted by Crippen LogP contribution is 2.33. The van der Waals surface area contributed by atoms with Gasteiger partial charge in [0.15, 0.2) is 0 Å². The van der Waals surface area contributed by atoms with Gasteiger partial charge in [-0.2, -0.15) is 5.26 Å². The van der Waals surface area contributed by atoms with Crippen LogP contribution in [0.5, 0.6) is 5.75 Å². The monoisotopic (exact) mass is 412 g/mol. The van der Waals surface area contributed by atoms with E-state index in [4.69, 9.17) is 9.47 Å². The zero-order valence-corrected chi connectivity index (χ0v) is 18.0. The van der Waals surface area contributed by atoms with Crippen molar-refractivity contribution in [2.45, 2.75) is 40.7 Å². The van der Waals surface area contributed by atoms with Crippen molar-refractivity contribution in [1.29, 1.82) is 5.26 Å². The third kappa shape index (κ3) is 5.46. The predicted octanol–water partition coefficient (Wildman–Crippen LogP) is 4.87. The Balaban J connectivity index is 2.36. The van der Waals surface area contributed by atoms with Crippen LogP contribution in [0, 0.1) is 25.2 Å². The number of para-hydroxylation sites is 1. The average Bonchev–Trinajstić information content (AvgIpc) is 2.94. The topological polar surface area (TPSA) is 88.4 Å². The van der Waals surface area contributed by atoms with Gasteiger partial charge in [0.2, 0.25) is 0 Å². The van der Waals surface area contributed by atoms with Gasteiger partial charge in [-0.15, -0.1) is 11.3 Å². The summed E-state index contributed by atoms with van der Waals surface area (Å²) in [6, 6.07) is 9.11. The quantitative estimate of drug-likeness (QED) is 0.398. The predicted molar refractivity (Wildman–Crippen MR) is 114 cm³/mol. The molecule has 152 valence electrons. The highest BCUT2D eigenvalue weighted by molar-refractivity contribution is 7.16. The number of esters is 1. The first-order valence-electron chi connectivity index (χ1n) is 9.24. The van der Waals surface area contributed by atoms with E-state index in [1.165, 1.54) is 17.4 Å². The molecule has 0 unspecified atom stereocenters. The maximum atomic E-state index is 12.7. The number of amides is 1. The fraction of sp³-hybridized carbons (Fsp3) is 0.318. The van der Waals surface area contributed by atoms with Crippen LogP contribution in [0.1, 0.15) is 47.1 Å². The summed E-state index contributed by atoms with van der Waals surface area (Å²) in [4.78, 5) is 25.9. The largest absolute Gasteiger partial charge is 0.490 e. The molecular weight excluding hydrogens is 388 g/mol. The molecule has 0 fully saturated rings. The van der Waals surface area contributed by atoms with Crippen LogP contribution in [0.4, 0.5) is 5.00 Å². The molecule has 2 aromatic rings. The molecule has 0 aliphatic carbocycles. The minimum atomic E-state index is -0.598. The average molecular weight is 413 g/mol. The highest BCUT2D eigenvalue weighted by Gasteiger charge is 2.23. The van der Waals surface area contributed by atoms with Crippen molar-refractivity contribution in [2.24, 2.45) is 0 Å².